The maximum atomic E-state index is 12.2. The van der Waals surface area contributed by atoms with Crippen LogP contribution in [0.15, 0.2) is 0 Å². The molecule has 0 aliphatic carbocycles. The maximum Gasteiger partial charge on any atom is 0.335 e. The second kappa shape index (κ2) is 9.24. The lowest BCUT2D eigenvalue weighted by Gasteiger charge is -2.18. The van der Waals surface area contributed by atoms with E-state index in [1.807, 2.05) is 0 Å². The van der Waals surface area contributed by atoms with Gasteiger partial charge in [-0.2, -0.15) is 0 Å². The first-order chi connectivity index (χ1) is 8.33. The van der Waals surface area contributed by atoms with Crippen molar-refractivity contribution in [1.29, 1.82) is 0 Å². The van der Waals surface area contributed by atoms with Crippen LogP contribution in [-0.4, -0.2) is 40.2 Å². The molecular formula is C10H24O6P2. The molecule has 0 aliphatic heterocycles. The lowest BCUT2D eigenvalue weighted by Crippen LogP contribution is -2.01. The SMILES string of the molecule is CCOP(=O)(CCCCCCCO)CP(=O)(O)O. The molecule has 6 nitrogen and oxygen atoms in total. The Morgan fingerprint density at radius 2 is 1.56 bits per heavy atom. The van der Waals surface area contributed by atoms with E-state index in [1.165, 1.54) is 0 Å². The van der Waals surface area contributed by atoms with Gasteiger partial charge in [0.25, 0.3) is 0 Å². The third-order valence-electron chi connectivity index (χ3n) is 2.42. The van der Waals surface area contributed by atoms with E-state index in [1.54, 1.807) is 6.92 Å². The first-order valence-electron chi connectivity index (χ1n) is 6.21. The first-order valence-corrected chi connectivity index (χ1v) is 10.0. The highest BCUT2D eigenvalue weighted by Gasteiger charge is 2.31. The van der Waals surface area contributed by atoms with Crippen molar-refractivity contribution in [2.75, 3.05) is 25.3 Å². The molecule has 0 rings (SSSR count). The minimum atomic E-state index is -4.30. The highest BCUT2D eigenvalue weighted by molar-refractivity contribution is 7.73. The van der Waals surface area contributed by atoms with Gasteiger partial charge in [0, 0.05) is 12.8 Å². The van der Waals surface area contributed by atoms with Gasteiger partial charge in [-0.25, -0.2) is 0 Å². The van der Waals surface area contributed by atoms with Crippen LogP contribution in [0.1, 0.15) is 39.0 Å². The van der Waals surface area contributed by atoms with Crippen molar-refractivity contribution in [2.24, 2.45) is 0 Å². The number of hydrogen-bond donors (Lipinski definition) is 3. The van der Waals surface area contributed by atoms with Gasteiger partial charge in [-0.05, 0) is 19.8 Å². The summed E-state index contributed by atoms with van der Waals surface area (Å²) in [5.41, 5.74) is 0. The Hall–Kier alpha value is 0.300. The summed E-state index contributed by atoms with van der Waals surface area (Å²) in [4.78, 5) is 17.8. The summed E-state index contributed by atoms with van der Waals surface area (Å²) in [7, 11) is -7.51. The summed E-state index contributed by atoms with van der Waals surface area (Å²) in [6.45, 7) is 2.03. The average molecular weight is 302 g/mol. The van der Waals surface area contributed by atoms with E-state index in [2.05, 4.69) is 0 Å². The molecule has 0 aromatic heterocycles. The van der Waals surface area contributed by atoms with E-state index in [0.29, 0.717) is 6.42 Å². The van der Waals surface area contributed by atoms with Crippen molar-refractivity contribution in [3.63, 3.8) is 0 Å². The van der Waals surface area contributed by atoms with E-state index >= 15 is 0 Å². The van der Waals surface area contributed by atoms with Gasteiger partial charge in [0.15, 0.2) is 0 Å². The Labute approximate surface area is 108 Å². The summed E-state index contributed by atoms with van der Waals surface area (Å²) in [5.74, 6) is -0.662. The summed E-state index contributed by atoms with van der Waals surface area (Å²) in [6.07, 6.45) is 4.26. The van der Waals surface area contributed by atoms with Gasteiger partial charge in [-0.1, -0.05) is 19.3 Å². The molecule has 0 heterocycles. The quantitative estimate of drug-likeness (QED) is 0.400. The smallest absolute Gasteiger partial charge is 0.335 e. The normalized spacial score (nSPS) is 15.6. The fraction of sp³-hybridized carbons (Fsp3) is 1.00. The third kappa shape index (κ3) is 10.2. The Morgan fingerprint density at radius 1 is 1.00 bits per heavy atom. The number of aliphatic hydroxyl groups excluding tert-OH is 1. The van der Waals surface area contributed by atoms with E-state index in [4.69, 9.17) is 19.4 Å². The van der Waals surface area contributed by atoms with Crippen LogP contribution in [0.2, 0.25) is 0 Å². The van der Waals surface area contributed by atoms with Crippen LogP contribution in [0.25, 0.3) is 0 Å². The molecule has 110 valence electrons. The Balaban J connectivity index is 4.04. The predicted molar refractivity (Wildman–Crippen MR) is 71.2 cm³/mol. The summed E-state index contributed by atoms with van der Waals surface area (Å²) < 4.78 is 28.1. The second-order valence-electron chi connectivity index (χ2n) is 4.25. The molecule has 0 aromatic rings. The maximum absolute atomic E-state index is 12.2. The van der Waals surface area contributed by atoms with Crippen molar-refractivity contribution in [2.45, 2.75) is 39.0 Å². The van der Waals surface area contributed by atoms with Crippen LogP contribution < -0.4 is 0 Å². The Kier molecular flexibility index (Phi) is 9.40. The van der Waals surface area contributed by atoms with Crippen LogP contribution >= 0.6 is 15.0 Å². The van der Waals surface area contributed by atoms with Crippen LogP contribution in [-0.2, 0) is 13.7 Å². The molecular weight excluding hydrogens is 278 g/mol. The highest BCUT2D eigenvalue weighted by atomic mass is 31.2. The van der Waals surface area contributed by atoms with Crippen LogP contribution in [0.4, 0.5) is 0 Å². The van der Waals surface area contributed by atoms with E-state index in [-0.39, 0.29) is 19.4 Å². The first kappa shape index (κ1) is 18.3. The molecule has 0 aromatic carbocycles. The van der Waals surface area contributed by atoms with Gasteiger partial charge in [0.1, 0.15) is 5.90 Å². The van der Waals surface area contributed by atoms with Crippen molar-refractivity contribution < 1.29 is 28.5 Å². The van der Waals surface area contributed by atoms with Crippen molar-refractivity contribution >= 4 is 15.0 Å². The van der Waals surface area contributed by atoms with Crippen LogP contribution in [0, 0.1) is 0 Å². The highest BCUT2D eigenvalue weighted by Crippen LogP contribution is 2.58. The fourth-order valence-corrected chi connectivity index (χ4v) is 6.13. The monoisotopic (exact) mass is 302 g/mol. The zero-order valence-electron chi connectivity index (χ0n) is 10.8. The van der Waals surface area contributed by atoms with E-state index in [9.17, 15) is 9.13 Å². The largest absolute Gasteiger partial charge is 0.396 e. The molecule has 0 spiro atoms. The zero-order valence-corrected chi connectivity index (χ0v) is 12.6. The average Bonchev–Trinajstić information content (AvgIpc) is 2.21. The molecule has 8 heteroatoms. The van der Waals surface area contributed by atoms with Gasteiger partial charge in [-0.15, -0.1) is 0 Å². The minimum Gasteiger partial charge on any atom is -0.396 e. The van der Waals surface area contributed by atoms with Gasteiger partial charge in [0.2, 0.25) is 7.37 Å². The van der Waals surface area contributed by atoms with Gasteiger partial charge < -0.3 is 19.4 Å². The summed E-state index contributed by atoms with van der Waals surface area (Å²) in [6, 6.07) is 0. The summed E-state index contributed by atoms with van der Waals surface area (Å²) in [5, 5.41) is 8.60. The van der Waals surface area contributed by atoms with Crippen molar-refractivity contribution in [3.05, 3.63) is 0 Å². The molecule has 0 saturated heterocycles. The van der Waals surface area contributed by atoms with Gasteiger partial charge in [0.05, 0.1) is 6.61 Å². The molecule has 0 radical (unpaired) electrons. The Morgan fingerprint density at radius 3 is 2.06 bits per heavy atom. The zero-order chi connectivity index (χ0) is 14.1. The molecule has 0 saturated carbocycles. The van der Waals surface area contributed by atoms with Gasteiger partial charge >= 0.3 is 7.60 Å². The minimum absolute atomic E-state index is 0.176. The number of rotatable bonds is 11. The molecule has 0 aliphatic rings. The number of aliphatic hydroxyl groups is 1. The van der Waals surface area contributed by atoms with Crippen LogP contribution in [0.5, 0.6) is 0 Å². The standard InChI is InChI=1S/C10H24O6P2/c1-2-16-17(12,10-18(13,14)15)9-7-5-3-4-6-8-11/h11H,2-10H2,1H3,(H2,13,14,15). The molecule has 1 atom stereocenters. The van der Waals surface area contributed by atoms with Crippen molar-refractivity contribution in [3.8, 4) is 0 Å². The fourth-order valence-electron chi connectivity index (χ4n) is 1.69. The second-order valence-corrected chi connectivity index (χ2v) is 9.05. The molecule has 0 fully saturated rings. The predicted octanol–water partition coefficient (Wildman–Crippen LogP) is 2.38. The number of hydrogen-bond acceptors (Lipinski definition) is 4. The van der Waals surface area contributed by atoms with Crippen LogP contribution in [0.3, 0.4) is 0 Å². The number of unbranched alkanes of at least 4 members (excludes halogenated alkanes) is 4. The molecule has 0 bridgehead atoms. The third-order valence-corrected chi connectivity index (χ3v) is 7.34. The summed E-state index contributed by atoms with van der Waals surface area (Å²) >= 11 is 0. The van der Waals surface area contributed by atoms with Crippen molar-refractivity contribution in [1.82, 2.24) is 0 Å². The lowest BCUT2D eigenvalue weighted by atomic mass is 10.2. The molecule has 0 amide bonds. The van der Waals surface area contributed by atoms with E-state index in [0.717, 1.165) is 25.7 Å². The molecule has 18 heavy (non-hydrogen) atoms. The topological polar surface area (TPSA) is 104 Å². The lowest BCUT2D eigenvalue weighted by molar-refractivity contribution is 0.282. The van der Waals surface area contributed by atoms with E-state index < -0.39 is 20.9 Å². The van der Waals surface area contributed by atoms with Gasteiger partial charge in [-0.3, -0.25) is 9.13 Å². The Bertz CT molecular complexity index is 301. The molecule has 1 unspecified atom stereocenters. The molecule has 3 N–H and O–H groups in total.